The molecule has 1 saturated heterocycles. The van der Waals surface area contributed by atoms with Crippen LogP contribution in [0.3, 0.4) is 0 Å². The maximum atomic E-state index is 13.1. The standard InChI is InChI=1S/C18H19FO4/c1-13-10-20-11-18(22-13)12-21-15-5-7-16(8-6-15)23-17-4-2-3-14(19)9-17/h2-9,13,18H,10-12H2,1H3. The molecular formula is C18H19FO4. The van der Waals surface area contributed by atoms with Gasteiger partial charge in [-0.05, 0) is 43.3 Å². The molecule has 2 aromatic rings. The third kappa shape index (κ3) is 4.68. The Kier molecular flexibility index (Phi) is 5.10. The lowest BCUT2D eigenvalue weighted by Gasteiger charge is -2.27. The average molecular weight is 318 g/mol. The van der Waals surface area contributed by atoms with Gasteiger partial charge in [0.1, 0.15) is 35.8 Å². The molecule has 0 amide bonds. The predicted octanol–water partition coefficient (Wildman–Crippen LogP) is 3.80. The van der Waals surface area contributed by atoms with Crippen LogP contribution in [0.15, 0.2) is 48.5 Å². The van der Waals surface area contributed by atoms with Crippen LogP contribution in [0, 0.1) is 5.82 Å². The molecule has 1 fully saturated rings. The summed E-state index contributed by atoms with van der Waals surface area (Å²) in [5.41, 5.74) is 0. The van der Waals surface area contributed by atoms with Gasteiger partial charge in [0.05, 0.1) is 19.3 Å². The molecule has 0 spiro atoms. The van der Waals surface area contributed by atoms with Crippen molar-refractivity contribution in [2.75, 3.05) is 19.8 Å². The van der Waals surface area contributed by atoms with Gasteiger partial charge in [-0.15, -0.1) is 0 Å². The van der Waals surface area contributed by atoms with Crippen LogP contribution in [0.5, 0.6) is 17.2 Å². The van der Waals surface area contributed by atoms with E-state index in [4.69, 9.17) is 18.9 Å². The molecule has 23 heavy (non-hydrogen) atoms. The van der Waals surface area contributed by atoms with Crippen molar-refractivity contribution in [1.29, 1.82) is 0 Å². The van der Waals surface area contributed by atoms with E-state index in [1.807, 2.05) is 19.1 Å². The average Bonchev–Trinajstić information content (AvgIpc) is 2.54. The van der Waals surface area contributed by atoms with Crippen molar-refractivity contribution in [2.45, 2.75) is 19.1 Å². The second kappa shape index (κ2) is 7.44. The highest BCUT2D eigenvalue weighted by Crippen LogP contribution is 2.24. The number of hydrogen-bond acceptors (Lipinski definition) is 4. The Morgan fingerprint density at radius 3 is 2.57 bits per heavy atom. The van der Waals surface area contributed by atoms with Crippen LogP contribution in [0.4, 0.5) is 4.39 Å². The van der Waals surface area contributed by atoms with Crippen molar-refractivity contribution in [3.63, 3.8) is 0 Å². The predicted molar refractivity (Wildman–Crippen MR) is 83.6 cm³/mol. The van der Waals surface area contributed by atoms with Gasteiger partial charge in [-0.3, -0.25) is 0 Å². The lowest BCUT2D eigenvalue weighted by molar-refractivity contribution is -0.140. The minimum Gasteiger partial charge on any atom is -0.491 e. The van der Waals surface area contributed by atoms with Crippen LogP contribution in [0.2, 0.25) is 0 Å². The maximum absolute atomic E-state index is 13.1. The summed E-state index contributed by atoms with van der Waals surface area (Å²) < 4.78 is 35.5. The molecule has 1 aliphatic rings. The fourth-order valence-electron chi connectivity index (χ4n) is 2.32. The number of ether oxygens (including phenoxy) is 4. The molecule has 0 aliphatic carbocycles. The first-order valence-corrected chi connectivity index (χ1v) is 7.58. The van der Waals surface area contributed by atoms with Gasteiger partial charge >= 0.3 is 0 Å². The highest BCUT2D eigenvalue weighted by Gasteiger charge is 2.20. The Morgan fingerprint density at radius 1 is 1.04 bits per heavy atom. The van der Waals surface area contributed by atoms with Crippen LogP contribution in [-0.4, -0.2) is 32.0 Å². The highest BCUT2D eigenvalue weighted by molar-refractivity contribution is 5.35. The quantitative estimate of drug-likeness (QED) is 0.840. The summed E-state index contributed by atoms with van der Waals surface area (Å²) in [5.74, 6) is 1.47. The monoisotopic (exact) mass is 318 g/mol. The minimum atomic E-state index is -0.327. The second-order valence-electron chi connectivity index (χ2n) is 5.45. The van der Waals surface area contributed by atoms with Gasteiger partial charge in [0, 0.05) is 6.07 Å². The summed E-state index contributed by atoms with van der Waals surface area (Å²) in [6.45, 7) is 3.59. The van der Waals surface area contributed by atoms with Crippen LogP contribution in [0.1, 0.15) is 6.92 Å². The Morgan fingerprint density at radius 2 is 1.83 bits per heavy atom. The van der Waals surface area contributed by atoms with Gasteiger partial charge in [-0.25, -0.2) is 4.39 Å². The normalized spacial score (nSPS) is 21.0. The number of rotatable bonds is 5. The van der Waals surface area contributed by atoms with Crippen LogP contribution < -0.4 is 9.47 Å². The number of hydrogen-bond donors (Lipinski definition) is 0. The topological polar surface area (TPSA) is 36.9 Å². The fraction of sp³-hybridized carbons (Fsp3) is 0.333. The molecule has 0 radical (unpaired) electrons. The molecule has 0 bridgehead atoms. The van der Waals surface area contributed by atoms with Crippen LogP contribution in [-0.2, 0) is 9.47 Å². The molecule has 2 atom stereocenters. The molecular weight excluding hydrogens is 299 g/mol. The van der Waals surface area contributed by atoms with E-state index in [-0.39, 0.29) is 18.0 Å². The largest absolute Gasteiger partial charge is 0.491 e. The van der Waals surface area contributed by atoms with Crippen molar-refractivity contribution in [3.05, 3.63) is 54.3 Å². The van der Waals surface area contributed by atoms with E-state index in [9.17, 15) is 4.39 Å². The summed E-state index contributed by atoms with van der Waals surface area (Å²) in [4.78, 5) is 0. The first-order valence-electron chi connectivity index (χ1n) is 7.58. The molecule has 0 N–H and O–H groups in total. The van der Waals surface area contributed by atoms with Gasteiger partial charge in [0.2, 0.25) is 0 Å². The minimum absolute atomic E-state index is 0.0537. The summed E-state index contributed by atoms with van der Waals surface area (Å²) in [7, 11) is 0. The summed E-state index contributed by atoms with van der Waals surface area (Å²) >= 11 is 0. The molecule has 4 nitrogen and oxygen atoms in total. The molecule has 5 heteroatoms. The maximum Gasteiger partial charge on any atom is 0.130 e. The first kappa shape index (κ1) is 15.8. The van der Waals surface area contributed by atoms with Crippen molar-refractivity contribution in [1.82, 2.24) is 0 Å². The smallest absolute Gasteiger partial charge is 0.130 e. The van der Waals surface area contributed by atoms with Crippen molar-refractivity contribution < 1.29 is 23.3 Å². The van der Waals surface area contributed by atoms with Gasteiger partial charge in [-0.1, -0.05) is 6.07 Å². The van der Waals surface area contributed by atoms with Gasteiger partial charge < -0.3 is 18.9 Å². The van der Waals surface area contributed by atoms with Gasteiger partial charge in [0.15, 0.2) is 0 Å². The van der Waals surface area contributed by atoms with E-state index in [1.54, 1.807) is 24.3 Å². The highest BCUT2D eigenvalue weighted by atomic mass is 19.1. The van der Waals surface area contributed by atoms with E-state index in [0.717, 1.165) is 5.75 Å². The van der Waals surface area contributed by atoms with E-state index < -0.39 is 0 Å². The SMILES string of the molecule is CC1COCC(COc2ccc(Oc3cccc(F)c3)cc2)O1. The molecule has 2 aromatic carbocycles. The fourth-order valence-corrected chi connectivity index (χ4v) is 2.32. The molecule has 1 aliphatic heterocycles. The molecule has 1 heterocycles. The lowest BCUT2D eigenvalue weighted by Crippen LogP contribution is -2.38. The van der Waals surface area contributed by atoms with Crippen LogP contribution >= 0.6 is 0 Å². The Labute approximate surface area is 134 Å². The Hall–Kier alpha value is -2.11. The zero-order chi connectivity index (χ0) is 16.1. The second-order valence-corrected chi connectivity index (χ2v) is 5.45. The van der Waals surface area contributed by atoms with E-state index >= 15 is 0 Å². The molecule has 0 saturated carbocycles. The van der Waals surface area contributed by atoms with Crippen molar-refractivity contribution in [3.8, 4) is 17.2 Å². The third-order valence-electron chi connectivity index (χ3n) is 3.37. The van der Waals surface area contributed by atoms with Crippen molar-refractivity contribution >= 4 is 0 Å². The first-order chi connectivity index (χ1) is 11.2. The summed E-state index contributed by atoms with van der Waals surface area (Å²) in [6, 6.07) is 13.2. The zero-order valence-corrected chi connectivity index (χ0v) is 12.9. The van der Waals surface area contributed by atoms with E-state index in [2.05, 4.69) is 0 Å². The molecule has 122 valence electrons. The lowest BCUT2D eigenvalue weighted by atomic mass is 10.3. The summed E-state index contributed by atoms with van der Waals surface area (Å²) in [6.07, 6.45) is 0.0429. The van der Waals surface area contributed by atoms with Gasteiger partial charge in [0.25, 0.3) is 0 Å². The van der Waals surface area contributed by atoms with Gasteiger partial charge in [-0.2, -0.15) is 0 Å². The van der Waals surface area contributed by atoms with Crippen LogP contribution in [0.25, 0.3) is 0 Å². The van der Waals surface area contributed by atoms with E-state index in [1.165, 1.54) is 12.1 Å². The van der Waals surface area contributed by atoms with Crippen molar-refractivity contribution in [2.24, 2.45) is 0 Å². The Bertz CT molecular complexity index is 629. The Balaban J connectivity index is 1.52. The number of benzene rings is 2. The summed E-state index contributed by atoms with van der Waals surface area (Å²) in [5, 5.41) is 0. The number of halogens is 1. The molecule has 3 rings (SSSR count). The molecule has 2 unspecified atom stereocenters. The zero-order valence-electron chi connectivity index (χ0n) is 12.9. The van der Waals surface area contributed by atoms with E-state index in [0.29, 0.717) is 31.3 Å². The molecule has 0 aromatic heterocycles. The third-order valence-corrected chi connectivity index (χ3v) is 3.37.